The van der Waals surface area contributed by atoms with E-state index in [0.29, 0.717) is 13.1 Å². The van der Waals surface area contributed by atoms with E-state index in [4.69, 9.17) is 0 Å². The van der Waals surface area contributed by atoms with E-state index in [1.54, 1.807) is 6.92 Å². The minimum absolute atomic E-state index is 0.422. The zero-order chi connectivity index (χ0) is 14.5. The Morgan fingerprint density at radius 1 is 1.47 bits per heavy atom. The van der Waals surface area contributed by atoms with Crippen LogP contribution in [0.2, 0.25) is 0 Å². The van der Waals surface area contributed by atoms with Crippen molar-refractivity contribution in [3.8, 4) is 0 Å². The van der Waals surface area contributed by atoms with Crippen molar-refractivity contribution in [1.29, 1.82) is 0 Å². The molecule has 2 N–H and O–H groups in total. The van der Waals surface area contributed by atoms with Crippen LogP contribution in [0.1, 0.15) is 25.8 Å². The van der Waals surface area contributed by atoms with Crippen LogP contribution in [0.4, 0.5) is 5.69 Å². The van der Waals surface area contributed by atoms with Gasteiger partial charge in [0.05, 0.1) is 0 Å². The summed E-state index contributed by atoms with van der Waals surface area (Å²) in [7, 11) is 1.92. The van der Waals surface area contributed by atoms with Gasteiger partial charge in [-0.1, -0.05) is 19.1 Å². The zero-order valence-electron chi connectivity index (χ0n) is 12.2. The van der Waals surface area contributed by atoms with Crippen molar-refractivity contribution in [2.45, 2.75) is 32.7 Å². The lowest BCUT2D eigenvalue weighted by atomic mass is 10.0. The smallest absolute Gasteiger partial charge is 0.325 e. The zero-order valence-corrected chi connectivity index (χ0v) is 12.2. The van der Waals surface area contributed by atoms with Crippen molar-refractivity contribution in [1.82, 2.24) is 5.32 Å². The van der Waals surface area contributed by atoms with Crippen LogP contribution >= 0.6 is 0 Å². The van der Waals surface area contributed by atoms with Crippen molar-refractivity contribution < 1.29 is 9.90 Å². The van der Waals surface area contributed by atoms with E-state index in [-0.39, 0.29) is 0 Å². The van der Waals surface area contributed by atoms with E-state index in [9.17, 15) is 9.90 Å². The fourth-order valence-corrected chi connectivity index (χ4v) is 2.03. The number of aliphatic carboxylic acids is 1. The molecule has 19 heavy (non-hydrogen) atoms. The number of aryl methyl sites for hydroxylation is 1. The molecule has 0 aliphatic rings. The monoisotopic (exact) mass is 264 g/mol. The molecule has 0 bridgehead atoms. The Balaban J connectivity index is 2.81. The van der Waals surface area contributed by atoms with Crippen molar-refractivity contribution >= 4 is 11.7 Å². The number of anilines is 1. The van der Waals surface area contributed by atoms with Gasteiger partial charge in [0, 0.05) is 19.3 Å². The number of benzene rings is 1. The number of hydrogen-bond acceptors (Lipinski definition) is 3. The summed E-state index contributed by atoms with van der Waals surface area (Å²) in [4.78, 5) is 13.4. The fourth-order valence-electron chi connectivity index (χ4n) is 2.03. The second-order valence-corrected chi connectivity index (χ2v) is 5.26. The van der Waals surface area contributed by atoms with Crippen LogP contribution in [0.15, 0.2) is 24.3 Å². The molecule has 0 spiro atoms. The predicted molar refractivity (Wildman–Crippen MR) is 78.8 cm³/mol. The van der Waals surface area contributed by atoms with Crippen LogP contribution in [0.25, 0.3) is 0 Å². The molecule has 0 fully saturated rings. The van der Waals surface area contributed by atoms with Gasteiger partial charge in [0.1, 0.15) is 5.54 Å². The highest BCUT2D eigenvalue weighted by atomic mass is 16.4. The molecule has 1 atom stereocenters. The van der Waals surface area contributed by atoms with E-state index >= 15 is 0 Å². The number of carboxylic acids is 1. The molecule has 1 aromatic carbocycles. The van der Waals surface area contributed by atoms with E-state index < -0.39 is 11.5 Å². The van der Waals surface area contributed by atoms with Crippen LogP contribution in [0.3, 0.4) is 0 Å². The molecule has 4 heteroatoms. The quantitative estimate of drug-likeness (QED) is 0.793. The van der Waals surface area contributed by atoms with Crippen LogP contribution in [0, 0.1) is 6.92 Å². The van der Waals surface area contributed by atoms with Crippen LogP contribution < -0.4 is 10.2 Å². The van der Waals surface area contributed by atoms with Gasteiger partial charge >= 0.3 is 5.97 Å². The Kier molecular flexibility index (Phi) is 5.36. The molecule has 1 aromatic rings. The minimum Gasteiger partial charge on any atom is -0.480 e. The van der Waals surface area contributed by atoms with Gasteiger partial charge in [-0.05, 0) is 44.5 Å². The summed E-state index contributed by atoms with van der Waals surface area (Å²) >= 11 is 0. The van der Waals surface area contributed by atoms with Gasteiger partial charge < -0.3 is 15.3 Å². The van der Waals surface area contributed by atoms with Gasteiger partial charge in [0.15, 0.2) is 0 Å². The molecule has 4 nitrogen and oxygen atoms in total. The Morgan fingerprint density at radius 2 is 2.16 bits per heavy atom. The number of nitrogens with zero attached hydrogens (tertiary/aromatic N) is 1. The molecular formula is C15H24N2O2. The Bertz CT molecular complexity index is 434. The Hall–Kier alpha value is -1.55. The third kappa shape index (κ3) is 4.24. The van der Waals surface area contributed by atoms with Gasteiger partial charge in [-0.15, -0.1) is 0 Å². The van der Waals surface area contributed by atoms with Gasteiger partial charge in [-0.3, -0.25) is 4.79 Å². The van der Waals surface area contributed by atoms with E-state index in [2.05, 4.69) is 11.4 Å². The maximum atomic E-state index is 11.5. The maximum Gasteiger partial charge on any atom is 0.325 e. The second-order valence-electron chi connectivity index (χ2n) is 5.26. The number of carboxylic acid groups (broad SMARTS) is 1. The first kappa shape index (κ1) is 15.5. The predicted octanol–water partition coefficient (Wildman–Crippen LogP) is 2.27. The summed E-state index contributed by atoms with van der Waals surface area (Å²) in [5, 5.41) is 12.5. The average Bonchev–Trinajstić information content (AvgIpc) is 2.36. The molecule has 0 saturated carbocycles. The molecule has 1 rings (SSSR count). The molecule has 0 heterocycles. The lowest BCUT2D eigenvalue weighted by molar-refractivity contribution is -0.143. The van der Waals surface area contributed by atoms with Crippen molar-refractivity contribution in [2.24, 2.45) is 0 Å². The minimum atomic E-state index is -0.936. The second kappa shape index (κ2) is 6.57. The summed E-state index contributed by atoms with van der Waals surface area (Å²) in [5.41, 5.74) is 1.27. The summed E-state index contributed by atoms with van der Waals surface area (Å²) in [6, 6.07) is 8.07. The molecule has 0 amide bonds. The summed E-state index contributed by atoms with van der Waals surface area (Å²) in [6.07, 6.45) is 0.914. The first-order chi connectivity index (χ1) is 8.89. The highest BCUT2D eigenvalue weighted by Gasteiger charge is 2.33. The molecule has 1 unspecified atom stereocenters. The average molecular weight is 264 g/mol. The number of likely N-dealkylation sites (N-methyl/N-ethyl adjacent to an activating group) is 1. The largest absolute Gasteiger partial charge is 0.480 e. The molecule has 0 saturated heterocycles. The van der Waals surface area contributed by atoms with E-state index in [1.165, 1.54) is 5.56 Å². The number of hydrogen-bond donors (Lipinski definition) is 2. The van der Waals surface area contributed by atoms with E-state index in [0.717, 1.165) is 12.1 Å². The summed E-state index contributed by atoms with van der Waals surface area (Å²) in [5.74, 6) is -0.819. The Labute approximate surface area is 115 Å². The van der Waals surface area contributed by atoms with E-state index in [1.807, 2.05) is 44.0 Å². The maximum absolute atomic E-state index is 11.5. The van der Waals surface area contributed by atoms with Gasteiger partial charge in [0.2, 0.25) is 0 Å². The third-order valence-corrected chi connectivity index (χ3v) is 3.23. The van der Waals surface area contributed by atoms with Crippen LogP contribution in [-0.2, 0) is 4.79 Å². The van der Waals surface area contributed by atoms with Gasteiger partial charge in [-0.2, -0.15) is 0 Å². The summed E-state index contributed by atoms with van der Waals surface area (Å²) < 4.78 is 0. The standard InChI is InChI=1S/C15H24N2O2/c1-5-9-16-15(3,14(18)19)11-17(4)13-8-6-7-12(2)10-13/h6-8,10,16H,5,9,11H2,1-4H3,(H,18,19). The lowest BCUT2D eigenvalue weighted by Crippen LogP contribution is -2.56. The molecule has 0 aromatic heterocycles. The third-order valence-electron chi connectivity index (χ3n) is 3.23. The van der Waals surface area contributed by atoms with Gasteiger partial charge in [-0.25, -0.2) is 0 Å². The molecule has 0 aliphatic heterocycles. The van der Waals surface area contributed by atoms with Gasteiger partial charge in [0.25, 0.3) is 0 Å². The first-order valence-electron chi connectivity index (χ1n) is 6.65. The normalized spacial score (nSPS) is 13.9. The lowest BCUT2D eigenvalue weighted by Gasteiger charge is -2.32. The first-order valence-corrected chi connectivity index (χ1v) is 6.65. The molecule has 0 aliphatic carbocycles. The molecular weight excluding hydrogens is 240 g/mol. The number of rotatable bonds is 7. The Morgan fingerprint density at radius 3 is 2.68 bits per heavy atom. The van der Waals surface area contributed by atoms with Crippen LogP contribution in [0.5, 0.6) is 0 Å². The number of nitrogens with one attached hydrogen (secondary N) is 1. The fraction of sp³-hybridized carbons (Fsp3) is 0.533. The van der Waals surface area contributed by atoms with Crippen molar-refractivity contribution in [2.75, 3.05) is 25.0 Å². The highest BCUT2D eigenvalue weighted by Crippen LogP contribution is 2.17. The molecule has 0 radical (unpaired) electrons. The SMILES string of the molecule is CCCNC(C)(CN(C)c1cccc(C)c1)C(=O)O. The van der Waals surface area contributed by atoms with Crippen molar-refractivity contribution in [3.05, 3.63) is 29.8 Å². The molecule has 106 valence electrons. The van der Waals surface area contributed by atoms with Crippen LogP contribution in [-0.4, -0.2) is 36.8 Å². The highest BCUT2D eigenvalue weighted by molar-refractivity contribution is 5.79. The number of carbonyl (C=O) groups is 1. The topological polar surface area (TPSA) is 52.6 Å². The van der Waals surface area contributed by atoms with Crippen molar-refractivity contribution in [3.63, 3.8) is 0 Å². The summed E-state index contributed by atoms with van der Waals surface area (Å²) in [6.45, 7) is 6.91.